The summed E-state index contributed by atoms with van der Waals surface area (Å²) in [6.07, 6.45) is 2.71. The molecule has 3 rings (SSSR count). The average molecular weight is 781 g/mol. The first-order chi connectivity index (χ1) is 27.4. The molecule has 0 spiro atoms. The van der Waals surface area contributed by atoms with E-state index in [1.807, 2.05) is 79.7 Å². The van der Waals surface area contributed by atoms with Crippen molar-refractivity contribution in [2.24, 2.45) is 0 Å². The molecule has 0 aliphatic rings. The zero-order valence-electron chi connectivity index (χ0n) is 32.2. The Balaban J connectivity index is 1.35. The van der Waals surface area contributed by atoms with Crippen LogP contribution in [0.15, 0.2) is 97.6 Å². The molecule has 56 heavy (non-hydrogen) atoms. The number of hydrogen-bond acceptors (Lipinski definition) is 12. The summed E-state index contributed by atoms with van der Waals surface area (Å²) in [5.41, 5.74) is 0. The summed E-state index contributed by atoms with van der Waals surface area (Å²) in [5.74, 6) is 2.04. The summed E-state index contributed by atoms with van der Waals surface area (Å²) >= 11 is 0. The van der Waals surface area contributed by atoms with Crippen LogP contribution in [0.5, 0.6) is 23.0 Å². The summed E-state index contributed by atoms with van der Waals surface area (Å²) in [7, 11) is 0. The second-order valence-corrected chi connectivity index (χ2v) is 12.3. The SMILES string of the molecule is C=CC(=O)OCCCCCNC(=O)OC(COCCOc1cccc(OCCOCC(COc2ccccc2)OC(=O)NCCCC)c1)COc1ccccc1. The quantitative estimate of drug-likeness (QED) is 0.0327. The monoisotopic (exact) mass is 780 g/mol. The summed E-state index contributed by atoms with van der Waals surface area (Å²) in [5, 5.41) is 5.48. The Morgan fingerprint density at radius 2 is 1.07 bits per heavy atom. The maximum atomic E-state index is 12.5. The molecule has 0 heterocycles. The van der Waals surface area contributed by atoms with E-state index in [4.69, 9.17) is 42.6 Å². The van der Waals surface area contributed by atoms with Gasteiger partial charge in [0.25, 0.3) is 0 Å². The van der Waals surface area contributed by atoms with Crippen molar-refractivity contribution in [1.29, 1.82) is 0 Å². The molecule has 0 bridgehead atoms. The van der Waals surface area contributed by atoms with Crippen molar-refractivity contribution >= 4 is 18.2 Å². The van der Waals surface area contributed by atoms with Gasteiger partial charge in [-0.25, -0.2) is 14.4 Å². The number of nitrogens with one attached hydrogen (secondary N) is 2. The standard InChI is InChI=1S/C42H56N2O12/c1-3-5-22-43-41(46)55-38(32-53-34-16-9-6-10-17-34)30-48-25-27-50-36-20-15-21-37(29-36)51-28-26-49-31-39(33-54-35-18-11-7-12-19-35)56-42(47)44-23-13-8-14-24-52-40(45)4-2/h4,6-7,9-12,15-21,29,38-39H,2-3,5,8,13-14,22-28,30-33H2,1H3,(H,43,46)(H,44,47). The van der Waals surface area contributed by atoms with Gasteiger partial charge in [0.2, 0.25) is 0 Å². The number of alkyl carbamates (subject to hydrolysis) is 2. The lowest BCUT2D eigenvalue weighted by atomic mass is 10.2. The van der Waals surface area contributed by atoms with Crippen molar-refractivity contribution in [2.45, 2.75) is 51.2 Å². The van der Waals surface area contributed by atoms with Gasteiger partial charge in [-0.1, -0.05) is 62.4 Å². The fourth-order valence-electron chi connectivity index (χ4n) is 4.74. The number of carbonyl (C=O) groups is 3. The minimum atomic E-state index is -0.673. The summed E-state index contributed by atoms with van der Waals surface area (Å²) in [6, 6.07) is 25.7. The fraction of sp³-hybridized carbons (Fsp3) is 0.452. The number of esters is 1. The third-order valence-electron chi connectivity index (χ3n) is 7.61. The zero-order valence-corrected chi connectivity index (χ0v) is 32.2. The van der Waals surface area contributed by atoms with E-state index in [1.165, 1.54) is 0 Å². The maximum Gasteiger partial charge on any atom is 0.407 e. The van der Waals surface area contributed by atoms with Crippen LogP contribution in [0, 0.1) is 0 Å². The molecule has 0 aliphatic heterocycles. The highest BCUT2D eigenvalue weighted by Crippen LogP contribution is 2.19. The molecule has 0 aromatic heterocycles. The Bertz CT molecular complexity index is 1510. The molecule has 3 aromatic carbocycles. The van der Waals surface area contributed by atoms with E-state index < -0.39 is 30.4 Å². The van der Waals surface area contributed by atoms with Gasteiger partial charge in [-0.3, -0.25) is 0 Å². The summed E-state index contributed by atoms with van der Waals surface area (Å²) < 4.78 is 50.9. The first-order valence-electron chi connectivity index (χ1n) is 19.0. The molecule has 0 saturated carbocycles. The number of unbranched alkanes of at least 4 members (excludes halogenated alkanes) is 3. The highest BCUT2D eigenvalue weighted by molar-refractivity contribution is 5.81. The minimum Gasteiger partial charge on any atom is -0.491 e. The highest BCUT2D eigenvalue weighted by atomic mass is 16.6. The summed E-state index contributed by atoms with van der Waals surface area (Å²) in [6.45, 7) is 8.10. The first kappa shape index (κ1) is 44.9. The lowest BCUT2D eigenvalue weighted by Crippen LogP contribution is -2.35. The first-order valence-corrected chi connectivity index (χ1v) is 19.0. The number of ether oxygens (including phenoxy) is 9. The highest BCUT2D eigenvalue weighted by Gasteiger charge is 2.17. The van der Waals surface area contributed by atoms with Crippen LogP contribution in [0.1, 0.15) is 39.0 Å². The Morgan fingerprint density at radius 3 is 1.57 bits per heavy atom. The van der Waals surface area contributed by atoms with Gasteiger partial charge in [0, 0.05) is 25.2 Å². The van der Waals surface area contributed by atoms with E-state index in [0.717, 1.165) is 25.3 Å². The number of carbonyl (C=O) groups excluding carboxylic acids is 3. The van der Waals surface area contributed by atoms with E-state index in [-0.39, 0.29) is 52.9 Å². The fourth-order valence-corrected chi connectivity index (χ4v) is 4.74. The molecule has 0 aliphatic carbocycles. The molecule has 3 aromatic rings. The normalized spacial score (nSPS) is 11.7. The van der Waals surface area contributed by atoms with E-state index in [0.29, 0.717) is 55.5 Å². The van der Waals surface area contributed by atoms with Crippen LogP contribution in [0.25, 0.3) is 0 Å². The van der Waals surface area contributed by atoms with Crippen molar-refractivity contribution in [2.75, 3.05) is 72.6 Å². The Morgan fingerprint density at radius 1 is 0.571 bits per heavy atom. The Labute approximate surface area is 329 Å². The van der Waals surface area contributed by atoms with Crippen molar-refractivity contribution in [3.05, 3.63) is 97.6 Å². The van der Waals surface area contributed by atoms with Crippen molar-refractivity contribution < 1.29 is 57.0 Å². The third kappa shape index (κ3) is 21.4. The predicted molar refractivity (Wildman–Crippen MR) is 209 cm³/mol. The largest absolute Gasteiger partial charge is 0.491 e. The lowest BCUT2D eigenvalue weighted by Gasteiger charge is -2.19. The molecule has 0 radical (unpaired) electrons. The second-order valence-electron chi connectivity index (χ2n) is 12.3. The van der Waals surface area contributed by atoms with Gasteiger partial charge in [0.1, 0.15) is 49.4 Å². The molecule has 14 heteroatoms. The van der Waals surface area contributed by atoms with E-state index in [2.05, 4.69) is 17.2 Å². The topological polar surface area (TPSA) is 158 Å². The van der Waals surface area contributed by atoms with Crippen LogP contribution in [-0.2, 0) is 28.5 Å². The number of benzene rings is 3. The second kappa shape index (κ2) is 28.9. The molecule has 2 amide bonds. The van der Waals surface area contributed by atoms with E-state index in [9.17, 15) is 14.4 Å². The maximum absolute atomic E-state index is 12.5. The molecule has 0 saturated heterocycles. The van der Waals surface area contributed by atoms with Crippen LogP contribution in [0.2, 0.25) is 0 Å². The molecular weight excluding hydrogens is 724 g/mol. The van der Waals surface area contributed by atoms with Crippen molar-refractivity contribution in [3.63, 3.8) is 0 Å². The Hall–Kier alpha value is -5.47. The number of rotatable bonds is 30. The van der Waals surface area contributed by atoms with Crippen LogP contribution < -0.4 is 29.6 Å². The number of amides is 2. The van der Waals surface area contributed by atoms with Gasteiger partial charge in [0.15, 0.2) is 12.2 Å². The van der Waals surface area contributed by atoms with Crippen LogP contribution >= 0.6 is 0 Å². The van der Waals surface area contributed by atoms with Gasteiger partial charge in [-0.2, -0.15) is 0 Å². The van der Waals surface area contributed by atoms with E-state index >= 15 is 0 Å². The lowest BCUT2D eigenvalue weighted by molar-refractivity contribution is -0.137. The van der Waals surface area contributed by atoms with Crippen LogP contribution in [-0.4, -0.2) is 103 Å². The van der Waals surface area contributed by atoms with Gasteiger partial charge in [0.05, 0.1) is 33.0 Å². The van der Waals surface area contributed by atoms with Gasteiger partial charge in [-0.15, -0.1) is 0 Å². The van der Waals surface area contributed by atoms with Crippen LogP contribution in [0.4, 0.5) is 9.59 Å². The smallest absolute Gasteiger partial charge is 0.407 e. The van der Waals surface area contributed by atoms with Gasteiger partial charge >= 0.3 is 18.2 Å². The molecule has 2 atom stereocenters. The molecule has 14 nitrogen and oxygen atoms in total. The molecule has 306 valence electrons. The van der Waals surface area contributed by atoms with E-state index in [1.54, 1.807) is 12.1 Å². The molecule has 0 fully saturated rings. The van der Waals surface area contributed by atoms with Crippen molar-refractivity contribution in [1.82, 2.24) is 10.6 Å². The molecular formula is C42H56N2O12. The number of hydrogen-bond donors (Lipinski definition) is 2. The zero-order chi connectivity index (χ0) is 39.9. The Kier molecular flexibility index (Phi) is 23.2. The summed E-state index contributed by atoms with van der Waals surface area (Å²) in [4.78, 5) is 35.9. The average Bonchev–Trinajstić information content (AvgIpc) is 3.22. The third-order valence-corrected chi connectivity index (χ3v) is 7.61. The van der Waals surface area contributed by atoms with Crippen LogP contribution in [0.3, 0.4) is 0 Å². The minimum absolute atomic E-state index is 0.0925. The van der Waals surface area contributed by atoms with Crippen molar-refractivity contribution in [3.8, 4) is 23.0 Å². The predicted octanol–water partition coefficient (Wildman–Crippen LogP) is 6.52. The van der Waals surface area contributed by atoms with Gasteiger partial charge in [-0.05, 0) is 62.1 Å². The number of para-hydroxylation sites is 2. The van der Waals surface area contributed by atoms with Gasteiger partial charge < -0.3 is 53.3 Å². The molecule has 2 N–H and O–H groups in total. The molecule has 2 unspecified atom stereocenters.